The van der Waals surface area contributed by atoms with E-state index >= 15 is 0 Å². The summed E-state index contributed by atoms with van der Waals surface area (Å²) in [6, 6.07) is 7.64. The molecular formula is C30H36N2O6. The van der Waals surface area contributed by atoms with Crippen molar-refractivity contribution in [2.24, 2.45) is 11.8 Å². The monoisotopic (exact) mass is 520 g/mol. The molecule has 1 spiro atoms. The van der Waals surface area contributed by atoms with Gasteiger partial charge in [-0.3, -0.25) is 14.4 Å². The van der Waals surface area contributed by atoms with Gasteiger partial charge in [0.15, 0.2) is 0 Å². The molecule has 2 saturated heterocycles. The van der Waals surface area contributed by atoms with Gasteiger partial charge >= 0.3 is 5.97 Å². The van der Waals surface area contributed by atoms with Crippen LogP contribution in [0, 0.1) is 11.8 Å². The summed E-state index contributed by atoms with van der Waals surface area (Å²) < 4.78 is 12.3. The fraction of sp³-hybridized carbons (Fsp3) is 0.567. The Morgan fingerprint density at radius 2 is 1.79 bits per heavy atom. The quantitative estimate of drug-likeness (QED) is 0.485. The van der Waals surface area contributed by atoms with Gasteiger partial charge in [-0.1, -0.05) is 73.9 Å². The van der Waals surface area contributed by atoms with Gasteiger partial charge < -0.3 is 24.4 Å². The standard InChI is InChI=1S/C30H36N2O6/c33-19-22(20-11-4-1-5-12-20)32-26-28(35)31(21-13-6-2-7-14-21)17-10-16-30(26)25(27(32)34)24-23(38-30)15-8-3-9-18-37-29(24)36/h1,4-5,8,10-12,15-16,21-26,33H,2-3,6-7,9,13-14,17-19H2/b15-8-/t22-,23-,24+,25+,26?,30+/m1/s1. The molecule has 0 radical (unpaired) electrons. The number of fused-ring (bicyclic) bond motifs is 2. The van der Waals surface area contributed by atoms with Gasteiger partial charge in [-0.15, -0.1) is 0 Å². The van der Waals surface area contributed by atoms with Gasteiger partial charge in [0.1, 0.15) is 17.6 Å². The largest absolute Gasteiger partial charge is 0.465 e. The molecule has 6 atom stereocenters. The van der Waals surface area contributed by atoms with Crippen LogP contribution in [0.25, 0.3) is 0 Å². The van der Waals surface area contributed by atoms with Crippen molar-refractivity contribution in [2.45, 2.75) is 74.8 Å². The van der Waals surface area contributed by atoms with E-state index in [9.17, 15) is 19.5 Å². The second-order valence-electron chi connectivity index (χ2n) is 11.1. The van der Waals surface area contributed by atoms with Crippen molar-refractivity contribution < 1.29 is 29.0 Å². The Kier molecular flexibility index (Phi) is 6.86. The second-order valence-corrected chi connectivity index (χ2v) is 11.1. The van der Waals surface area contributed by atoms with E-state index in [2.05, 4.69) is 0 Å². The van der Waals surface area contributed by atoms with E-state index < -0.39 is 41.6 Å². The van der Waals surface area contributed by atoms with Crippen LogP contribution >= 0.6 is 0 Å². The summed E-state index contributed by atoms with van der Waals surface area (Å²) in [7, 11) is 0. The predicted octanol–water partition coefficient (Wildman–Crippen LogP) is 2.93. The number of benzene rings is 1. The van der Waals surface area contributed by atoms with Crippen molar-refractivity contribution in [3.63, 3.8) is 0 Å². The van der Waals surface area contributed by atoms with Crippen LogP contribution in [0.5, 0.6) is 0 Å². The lowest BCUT2D eigenvalue weighted by Gasteiger charge is -2.41. The average molecular weight is 521 g/mol. The summed E-state index contributed by atoms with van der Waals surface area (Å²) in [5.41, 5.74) is -0.588. The molecule has 8 nitrogen and oxygen atoms in total. The minimum atomic E-state index is -1.32. The molecule has 3 fully saturated rings. The van der Waals surface area contributed by atoms with Crippen LogP contribution in [-0.4, -0.2) is 76.2 Å². The Labute approximate surface area is 223 Å². The van der Waals surface area contributed by atoms with Crippen molar-refractivity contribution in [3.8, 4) is 0 Å². The first-order chi connectivity index (χ1) is 18.6. The van der Waals surface area contributed by atoms with E-state index in [1.165, 1.54) is 4.90 Å². The fourth-order valence-corrected chi connectivity index (χ4v) is 7.30. The number of carbonyl (C=O) groups is 3. The highest BCUT2D eigenvalue weighted by atomic mass is 16.6. The van der Waals surface area contributed by atoms with Crippen molar-refractivity contribution in [1.29, 1.82) is 0 Å². The van der Waals surface area contributed by atoms with E-state index in [1.54, 1.807) is 0 Å². The molecule has 8 heteroatoms. The van der Waals surface area contributed by atoms with Crippen molar-refractivity contribution in [2.75, 3.05) is 19.8 Å². The first kappa shape index (κ1) is 25.3. The summed E-state index contributed by atoms with van der Waals surface area (Å²) in [6.45, 7) is 0.361. The number of amides is 2. The van der Waals surface area contributed by atoms with Gasteiger partial charge in [0.25, 0.3) is 0 Å². The highest BCUT2D eigenvalue weighted by Gasteiger charge is 2.72. The Morgan fingerprint density at radius 1 is 1.00 bits per heavy atom. The Morgan fingerprint density at radius 3 is 2.55 bits per heavy atom. The zero-order valence-electron chi connectivity index (χ0n) is 21.6. The van der Waals surface area contributed by atoms with E-state index in [0.29, 0.717) is 13.0 Å². The third-order valence-corrected chi connectivity index (χ3v) is 9.03. The van der Waals surface area contributed by atoms with Gasteiger partial charge in [0.05, 0.1) is 31.3 Å². The van der Waals surface area contributed by atoms with E-state index in [1.807, 2.05) is 59.5 Å². The lowest BCUT2D eigenvalue weighted by Crippen LogP contribution is -2.58. The lowest BCUT2D eigenvalue weighted by atomic mass is 9.78. The first-order valence-electron chi connectivity index (χ1n) is 14.0. The molecule has 1 unspecified atom stereocenters. The minimum absolute atomic E-state index is 0.0970. The smallest absolute Gasteiger partial charge is 0.312 e. The molecule has 1 N–H and O–H groups in total. The normalized spacial score (nSPS) is 35.3. The van der Waals surface area contributed by atoms with Gasteiger partial charge in [-0.2, -0.15) is 0 Å². The maximum absolute atomic E-state index is 14.5. The SMILES string of the molecule is O=C1OCCC/C=C\[C@H]2O[C@]34C=CCN(C5CCCCC5)C(=O)C3N([C@H](CO)c3ccccc3)C(=O)[C@@H]4[C@@H]12. The minimum Gasteiger partial charge on any atom is -0.465 e. The highest BCUT2D eigenvalue weighted by molar-refractivity contribution is 5.99. The number of cyclic esters (lactones) is 1. The molecule has 0 aromatic heterocycles. The Bertz CT molecular complexity index is 1130. The fourth-order valence-electron chi connectivity index (χ4n) is 7.30. The van der Waals surface area contributed by atoms with E-state index in [-0.39, 0.29) is 31.1 Å². The molecule has 1 aromatic carbocycles. The molecule has 38 heavy (non-hydrogen) atoms. The third-order valence-electron chi connectivity index (χ3n) is 9.03. The number of aliphatic hydroxyl groups is 1. The molecular weight excluding hydrogens is 484 g/mol. The van der Waals surface area contributed by atoms with Gasteiger partial charge in [0, 0.05) is 12.6 Å². The van der Waals surface area contributed by atoms with Crippen molar-refractivity contribution in [3.05, 3.63) is 60.2 Å². The molecule has 1 saturated carbocycles. The Balaban J connectivity index is 1.48. The van der Waals surface area contributed by atoms with Crippen LogP contribution in [0.2, 0.25) is 0 Å². The zero-order chi connectivity index (χ0) is 26.3. The topological polar surface area (TPSA) is 96.4 Å². The number of esters is 1. The molecule has 1 aliphatic carbocycles. The summed E-state index contributed by atoms with van der Waals surface area (Å²) in [5, 5.41) is 10.6. The molecule has 5 aliphatic rings. The number of hydrogen-bond acceptors (Lipinski definition) is 6. The predicted molar refractivity (Wildman–Crippen MR) is 139 cm³/mol. The number of allylic oxidation sites excluding steroid dienone is 1. The number of ether oxygens (including phenoxy) is 2. The summed E-state index contributed by atoms with van der Waals surface area (Å²) in [5.74, 6) is -2.77. The number of aliphatic hydroxyl groups excluding tert-OH is 1. The number of likely N-dealkylation sites (tertiary alicyclic amines) is 1. The highest BCUT2D eigenvalue weighted by Crippen LogP contribution is 2.55. The van der Waals surface area contributed by atoms with E-state index in [4.69, 9.17) is 9.47 Å². The molecule has 6 rings (SSSR count). The number of hydrogen-bond donors (Lipinski definition) is 1. The molecule has 2 amide bonds. The van der Waals surface area contributed by atoms with Crippen LogP contribution in [0.15, 0.2) is 54.6 Å². The van der Waals surface area contributed by atoms with Crippen LogP contribution in [0.3, 0.4) is 0 Å². The maximum Gasteiger partial charge on any atom is 0.312 e. The lowest BCUT2D eigenvalue weighted by molar-refractivity contribution is -0.157. The van der Waals surface area contributed by atoms with Gasteiger partial charge in [0.2, 0.25) is 11.8 Å². The van der Waals surface area contributed by atoms with Crippen LogP contribution in [-0.2, 0) is 23.9 Å². The summed E-state index contributed by atoms with van der Waals surface area (Å²) in [6.07, 6.45) is 13.6. The summed E-state index contributed by atoms with van der Waals surface area (Å²) in [4.78, 5) is 45.8. The number of rotatable bonds is 4. The zero-order valence-corrected chi connectivity index (χ0v) is 21.6. The molecule has 0 bridgehead atoms. The first-order valence-corrected chi connectivity index (χ1v) is 14.0. The number of carbonyl (C=O) groups excluding carboxylic acids is 3. The van der Waals surface area contributed by atoms with Crippen molar-refractivity contribution in [1.82, 2.24) is 9.80 Å². The third kappa shape index (κ3) is 4.00. The second kappa shape index (κ2) is 10.3. The Hall–Kier alpha value is -2.97. The van der Waals surface area contributed by atoms with Crippen LogP contribution in [0.4, 0.5) is 0 Å². The van der Waals surface area contributed by atoms with Gasteiger partial charge in [-0.05, 0) is 31.2 Å². The van der Waals surface area contributed by atoms with Crippen LogP contribution < -0.4 is 0 Å². The van der Waals surface area contributed by atoms with Crippen LogP contribution in [0.1, 0.15) is 56.6 Å². The summed E-state index contributed by atoms with van der Waals surface area (Å²) >= 11 is 0. The average Bonchev–Trinajstić information content (AvgIpc) is 3.35. The molecule has 4 aliphatic heterocycles. The molecule has 202 valence electrons. The maximum atomic E-state index is 14.5. The molecule has 4 heterocycles. The van der Waals surface area contributed by atoms with Crippen molar-refractivity contribution >= 4 is 17.8 Å². The molecule has 1 aromatic rings. The van der Waals surface area contributed by atoms with Gasteiger partial charge in [-0.25, -0.2) is 0 Å². The number of nitrogens with zero attached hydrogens (tertiary/aromatic N) is 2. The van der Waals surface area contributed by atoms with E-state index in [0.717, 1.165) is 44.1 Å².